The molecule has 0 radical (unpaired) electrons. The van der Waals surface area contributed by atoms with E-state index in [9.17, 15) is 0 Å². The first-order chi connectivity index (χ1) is 10.1. The van der Waals surface area contributed by atoms with Gasteiger partial charge in [0.05, 0.1) is 0 Å². The Morgan fingerprint density at radius 1 is 1.19 bits per heavy atom. The van der Waals surface area contributed by atoms with E-state index in [4.69, 9.17) is 0 Å². The van der Waals surface area contributed by atoms with E-state index in [2.05, 4.69) is 55.3 Å². The lowest BCUT2D eigenvalue weighted by Crippen LogP contribution is -2.39. The summed E-state index contributed by atoms with van der Waals surface area (Å²) in [7, 11) is 0. The summed E-state index contributed by atoms with van der Waals surface area (Å²) in [5.74, 6) is 0.858. The maximum absolute atomic E-state index is 3.91. The first-order valence-corrected chi connectivity index (χ1v) is 8.63. The Morgan fingerprint density at radius 3 is 2.62 bits per heavy atom. The van der Waals surface area contributed by atoms with E-state index in [1.165, 1.54) is 51.0 Å². The normalized spacial score (nSPS) is 26.0. The number of piperidine rings is 1. The lowest BCUT2D eigenvalue weighted by Gasteiger charge is -2.34. The molecule has 2 nitrogen and oxygen atoms in total. The molecule has 3 rings (SSSR count). The molecule has 0 aromatic heterocycles. The second-order valence-corrected chi connectivity index (χ2v) is 7.58. The molecule has 1 aliphatic carbocycles. The standard InChI is InChI=1S/C19H30N2/c1-4-21-11-9-15(10-12-21)14-20-18-17-8-6-5-7-16(17)13-19(18,2)3/h5-8,15,18,20H,4,9-14H2,1-3H3. The third-order valence-corrected chi connectivity index (χ3v) is 5.56. The highest BCUT2D eigenvalue weighted by Gasteiger charge is 2.38. The van der Waals surface area contributed by atoms with Gasteiger partial charge in [0.1, 0.15) is 0 Å². The number of fused-ring (bicyclic) bond motifs is 1. The van der Waals surface area contributed by atoms with Crippen LogP contribution in [0.3, 0.4) is 0 Å². The second kappa shape index (κ2) is 6.10. The van der Waals surface area contributed by atoms with Gasteiger partial charge >= 0.3 is 0 Å². The molecule has 1 N–H and O–H groups in total. The predicted octanol–water partition coefficient (Wildman–Crippen LogP) is 3.63. The van der Waals surface area contributed by atoms with E-state index in [1.54, 1.807) is 5.56 Å². The van der Waals surface area contributed by atoms with Gasteiger partial charge in [-0.15, -0.1) is 0 Å². The average molecular weight is 286 g/mol. The van der Waals surface area contributed by atoms with Crippen molar-refractivity contribution >= 4 is 0 Å². The Morgan fingerprint density at radius 2 is 1.90 bits per heavy atom. The molecule has 0 saturated carbocycles. The molecule has 2 aliphatic rings. The number of hydrogen-bond donors (Lipinski definition) is 1. The molecule has 2 heteroatoms. The van der Waals surface area contributed by atoms with E-state index in [-0.39, 0.29) is 0 Å². The molecule has 1 aromatic carbocycles. The van der Waals surface area contributed by atoms with E-state index in [1.807, 2.05) is 0 Å². The molecular formula is C19H30N2. The van der Waals surface area contributed by atoms with Crippen LogP contribution >= 0.6 is 0 Å². The molecule has 0 spiro atoms. The lowest BCUT2D eigenvalue weighted by molar-refractivity contribution is 0.177. The summed E-state index contributed by atoms with van der Waals surface area (Å²) in [6, 6.07) is 9.52. The zero-order chi connectivity index (χ0) is 14.9. The smallest absolute Gasteiger partial charge is 0.0377 e. The molecule has 1 saturated heterocycles. The number of likely N-dealkylation sites (tertiary alicyclic amines) is 1. The van der Waals surface area contributed by atoms with Gasteiger partial charge in [0.15, 0.2) is 0 Å². The van der Waals surface area contributed by atoms with E-state index in [0.717, 1.165) is 5.92 Å². The molecule has 0 bridgehead atoms. The van der Waals surface area contributed by atoms with Gasteiger partial charge in [-0.05, 0) is 67.9 Å². The third kappa shape index (κ3) is 3.17. The Kier molecular flexibility index (Phi) is 4.37. The molecule has 1 atom stereocenters. The van der Waals surface area contributed by atoms with Gasteiger partial charge in [-0.25, -0.2) is 0 Å². The highest BCUT2D eigenvalue weighted by molar-refractivity contribution is 5.37. The number of benzene rings is 1. The minimum atomic E-state index is 0.341. The van der Waals surface area contributed by atoms with Crippen molar-refractivity contribution in [2.75, 3.05) is 26.2 Å². The van der Waals surface area contributed by atoms with E-state index < -0.39 is 0 Å². The monoisotopic (exact) mass is 286 g/mol. The fraction of sp³-hybridized carbons (Fsp3) is 0.684. The quantitative estimate of drug-likeness (QED) is 0.909. The van der Waals surface area contributed by atoms with Gasteiger partial charge in [0, 0.05) is 6.04 Å². The summed E-state index contributed by atoms with van der Waals surface area (Å²) in [6.07, 6.45) is 3.92. The molecular weight excluding hydrogens is 256 g/mol. The summed E-state index contributed by atoms with van der Waals surface area (Å²) in [5.41, 5.74) is 3.42. The largest absolute Gasteiger partial charge is 0.309 e. The summed E-state index contributed by atoms with van der Waals surface area (Å²) >= 11 is 0. The number of nitrogens with zero attached hydrogens (tertiary/aromatic N) is 1. The zero-order valence-corrected chi connectivity index (χ0v) is 13.9. The van der Waals surface area contributed by atoms with Gasteiger partial charge in [-0.2, -0.15) is 0 Å². The average Bonchev–Trinajstić information content (AvgIpc) is 2.75. The SMILES string of the molecule is CCN1CCC(CNC2c3ccccc3CC2(C)C)CC1. The Balaban J connectivity index is 1.60. The fourth-order valence-electron chi connectivity index (χ4n) is 4.17. The minimum absolute atomic E-state index is 0.341. The Labute approximate surface area is 129 Å². The summed E-state index contributed by atoms with van der Waals surface area (Å²) < 4.78 is 0. The van der Waals surface area contributed by atoms with Crippen molar-refractivity contribution < 1.29 is 0 Å². The van der Waals surface area contributed by atoms with E-state index in [0.29, 0.717) is 11.5 Å². The van der Waals surface area contributed by atoms with Crippen LogP contribution in [0.1, 0.15) is 50.8 Å². The molecule has 1 heterocycles. The number of nitrogens with one attached hydrogen (secondary N) is 1. The van der Waals surface area contributed by atoms with Crippen molar-refractivity contribution in [3.05, 3.63) is 35.4 Å². The van der Waals surface area contributed by atoms with Crippen LogP contribution in [-0.4, -0.2) is 31.1 Å². The second-order valence-electron chi connectivity index (χ2n) is 7.58. The van der Waals surface area contributed by atoms with Crippen LogP contribution in [-0.2, 0) is 6.42 Å². The van der Waals surface area contributed by atoms with Gasteiger partial charge in [0.25, 0.3) is 0 Å². The molecule has 1 fully saturated rings. The van der Waals surface area contributed by atoms with Crippen molar-refractivity contribution in [2.45, 2.75) is 46.1 Å². The van der Waals surface area contributed by atoms with Crippen molar-refractivity contribution in [1.29, 1.82) is 0 Å². The van der Waals surface area contributed by atoms with Gasteiger partial charge < -0.3 is 10.2 Å². The summed E-state index contributed by atoms with van der Waals surface area (Å²) in [6.45, 7) is 12.1. The summed E-state index contributed by atoms with van der Waals surface area (Å²) in [5, 5.41) is 3.91. The van der Waals surface area contributed by atoms with E-state index >= 15 is 0 Å². The number of rotatable bonds is 4. The fourth-order valence-corrected chi connectivity index (χ4v) is 4.17. The maximum atomic E-state index is 3.91. The third-order valence-electron chi connectivity index (χ3n) is 5.56. The van der Waals surface area contributed by atoms with Crippen molar-refractivity contribution in [1.82, 2.24) is 10.2 Å². The van der Waals surface area contributed by atoms with Crippen LogP contribution in [0, 0.1) is 11.3 Å². The van der Waals surface area contributed by atoms with Crippen LogP contribution in [0.5, 0.6) is 0 Å². The lowest BCUT2D eigenvalue weighted by atomic mass is 9.84. The first kappa shape index (κ1) is 15.1. The van der Waals surface area contributed by atoms with Crippen molar-refractivity contribution in [3.63, 3.8) is 0 Å². The molecule has 0 amide bonds. The Bertz CT molecular complexity index is 472. The van der Waals surface area contributed by atoms with Crippen LogP contribution in [0.2, 0.25) is 0 Å². The molecule has 1 aromatic rings. The number of hydrogen-bond acceptors (Lipinski definition) is 2. The highest BCUT2D eigenvalue weighted by atomic mass is 15.1. The van der Waals surface area contributed by atoms with Crippen LogP contribution < -0.4 is 5.32 Å². The summed E-state index contributed by atoms with van der Waals surface area (Å²) in [4.78, 5) is 2.57. The zero-order valence-electron chi connectivity index (χ0n) is 13.9. The van der Waals surface area contributed by atoms with Gasteiger partial charge in [0.2, 0.25) is 0 Å². The molecule has 1 unspecified atom stereocenters. The van der Waals surface area contributed by atoms with Crippen molar-refractivity contribution in [2.24, 2.45) is 11.3 Å². The van der Waals surface area contributed by atoms with Crippen LogP contribution in [0.15, 0.2) is 24.3 Å². The van der Waals surface area contributed by atoms with Gasteiger partial charge in [-0.3, -0.25) is 0 Å². The maximum Gasteiger partial charge on any atom is 0.0377 e. The van der Waals surface area contributed by atoms with Crippen molar-refractivity contribution in [3.8, 4) is 0 Å². The molecule has 21 heavy (non-hydrogen) atoms. The van der Waals surface area contributed by atoms with Gasteiger partial charge in [-0.1, -0.05) is 45.0 Å². The minimum Gasteiger partial charge on any atom is -0.309 e. The molecule has 116 valence electrons. The first-order valence-electron chi connectivity index (χ1n) is 8.63. The highest BCUT2D eigenvalue weighted by Crippen LogP contribution is 2.45. The Hall–Kier alpha value is -0.860. The van der Waals surface area contributed by atoms with Crippen LogP contribution in [0.25, 0.3) is 0 Å². The predicted molar refractivity (Wildman–Crippen MR) is 89.5 cm³/mol. The molecule has 1 aliphatic heterocycles. The topological polar surface area (TPSA) is 15.3 Å². The van der Waals surface area contributed by atoms with Crippen LogP contribution in [0.4, 0.5) is 0 Å².